The Kier molecular flexibility index (Phi) is 7.48. The van der Waals surface area contributed by atoms with Gasteiger partial charge in [-0.25, -0.2) is 4.68 Å². The fourth-order valence-corrected chi connectivity index (χ4v) is 4.27. The molecule has 0 unspecified atom stereocenters. The Bertz CT molecular complexity index is 842. The van der Waals surface area contributed by atoms with E-state index in [9.17, 15) is 4.79 Å². The number of piperidine rings is 1. The topological polar surface area (TPSA) is 88.4 Å². The number of nitrogens with zero attached hydrogens (tertiary/aromatic N) is 6. The lowest BCUT2D eigenvalue weighted by Gasteiger charge is -2.34. The number of nitrogens with one attached hydrogen (secondary N) is 1. The molecule has 0 spiro atoms. The minimum Gasteiger partial charge on any atom is -0.379 e. The standard InChI is InChI=1S/C22H33N7O2/c1-18-4-2-5-20(16-18)28-10-7-19(8-11-28)23-22(30)6-3-9-29-21(24-25-26-29)17-27-12-14-31-15-13-27/h2,4-5,16,19H,3,6-15,17H2,1H3,(H,23,30). The van der Waals surface area contributed by atoms with Crippen molar-refractivity contribution in [2.45, 2.75) is 51.7 Å². The third kappa shape index (κ3) is 6.24. The van der Waals surface area contributed by atoms with Crippen LogP contribution in [0.1, 0.15) is 37.1 Å². The minimum absolute atomic E-state index is 0.122. The zero-order chi connectivity index (χ0) is 21.5. The Balaban J connectivity index is 1.16. The van der Waals surface area contributed by atoms with Gasteiger partial charge in [-0.1, -0.05) is 12.1 Å². The number of aromatic nitrogens is 4. The average molecular weight is 428 g/mol. The maximum absolute atomic E-state index is 12.4. The summed E-state index contributed by atoms with van der Waals surface area (Å²) in [5.74, 6) is 0.975. The molecule has 2 fully saturated rings. The summed E-state index contributed by atoms with van der Waals surface area (Å²) in [7, 11) is 0. The molecule has 31 heavy (non-hydrogen) atoms. The molecule has 1 N–H and O–H groups in total. The van der Waals surface area contributed by atoms with Crippen LogP contribution in [0.25, 0.3) is 0 Å². The number of benzene rings is 1. The van der Waals surface area contributed by atoms with Crippen molar-refractivity contribution in [2.24, 2.45) is 0 Å². The summed E-state index contributed by atoms with van der Waals surface area (Å²) in [6, 6.07) is 8.88. The summed E-state index contributed by atoms with van der Waals surface area (Å²) in [6.07, 6.45) is 3.19. The van der Waals surface area contributed by atoms with Crippen molar-refractivity contribution in [1.29, 1.82) is 0 Å². The van der Waals surface area contributed by atoms with Crippen molar-refractivity contribution in [1.82, 2.24) is 30.4 Å². The van der Waals surface area contributed by atoms with Crippen molar-refractivity contribution < 1.29 is 9.53 Å². The van der Waals surface area contributed by atoms with Gasteiger partial charge in [0.25, 0.3) is 0 Å². The van der Waals surface area contributed by atoms with Gasteiger partial charge in [0, 0.05) is 50.9 Å². The number of rotatable bonds is 8. The van der Waals surface area contributed by atoms with E-state index in [1.54, 1.807) is 0 Å². The molecule has 168 valence electrons. The van der Waals surface area contributed by atoms with Gasteiger partial charge in [0.1, 0.15) is 0 Å². The van der Waals surface area contributed by atoms with Crippen LogP contribution < -0.4 is 10.2 Å². The lowest BCUT2D eigenvalue weighted by Crippen LogP contribution is -2.44. The molecule has 0 saturated carbocycles. The molecule has 9 heteroatoms. The first-order valence-electron chi connectivity index (χ1n) is 11.3. The van der Waals surface area contributed by atoms with Gasteiger partial charge in [0.2, 0.25) is 5.91 Å². The number of morpholine rings is 1. The fourth-order valence-electron chi connectivity index (χ4n) is 4.27. The molecule has 4 rings (SSSR count). The molecule has 0 radical (unpaired) electrons. The molecule has 1 amide bonds. The van der Waals surface area contributed by atoms with Crippen molar-refractivity contribution in [2.75, 3.05) is 44.3 Å². The molecule has 9 nitrogen and oxygen atoms in total. The third-order valence-electron chi connectivity index (χ3n) is 6.08. The summed E-state index contributed by atoms with van der Waals surface area (Å²) < 4.78 is 7.21. The number of anilines is 1. The molecule has 1 aromatic carbocycles. The van der Waals surface area contributed by atoms with E-state index >= 15 is 0 Å². The summed E-state index contributed by atoms with van der Waals surface area (Å²) in [5.41, 5.74) is 2.56. The number of tetrazole rings is 1. The number of aryl methyl sites for hydroxylation is 2. The first-order valence-corrected chi connectivity index (χ1v) is 11.3. The van der Waals surface area contributed by atoms with Gasteiger partial charge < -0.3 is 15.0 Å². The molecular weight excluding hydrogens is 394 g/mol. The van der Waals surface area contributed by atoms with Crippen molar-refractivity contribution >= 4 is 11.6 Å². The molecule has 3 heterocycles. The van der Waals surface area contributed by atoms with E-state index in [1.807, 2.05) is 4.68 Å². The van der Waals surface area contributed by atoms with Gasteiger partial charge in [-0.15, -0.1) is 5.10 Å². The molecule has 2 saturated heterocycles. The van der Waals surface area contributed by atoms with Crippen molar-refractivity contribution in [3.05, 3.63) is 35.7 Å². The normalized spacial score (nSPS) is 18.3. The molecular formula is C22H33N7O2. The maximum atomic E-state index is 12.4. The number of carbonyl (C=O) groups excluding carboxylic acids is 1. The third-order valence-corrected chi connectivity index (χ3v) is 6.08. The van der Waals surface area contributed by atoms with Gasteiger partial charge >= 0.3 is 0 Å². The highest BCUT2D eigenvalue weighted by molar-refractivity contribution is 5.76. The first-order chi connectivity index (χ1) is 15.2. The summed E-state index contributed by atoms with van der Waals surface area (Å²) in [5, 5.41) is 15.3. The second-order valence-corrected chi connectivity index (χ2v) is 8.48. The summed E-state index contributed by atoms with van der Waals surface area (Å²) in [6.45, 7) is 8.77. The van der Waals surface area contributed by atoms with Crippen LogP contribution in [0.5, 0.6) is 0 Å². The average Bonchev–Trinajstić information content (AvgIpc) is 3.22. The molecule has 2 aliphatic rings. The van der Waals surface area contributed by atoms with Crippen LogP contribution in [0.15, 0.2) is 24.3 Å². The predicted molar refractivity (Wildman–Crippen MR) is 118 cm³/mol. The predicted octanol–water partition coefficient (Wildman–Crippen LogP) is 1.38. The number of carbonyl (C=O) groups is 1. The fraction of sp³-hybridized carbons (Fsp3) is 0.636. The van der Waals surface area contributed by atoms with E-state index in [0.29, 0.717) is 13.0 Å². The number of ether oxygens (including phenoxy) is 1. The van der Waals surface area contributed by atoms with Gasteiger partial charge in [-0.2, -0.15) is 0 Å². The maximum Gasteiger partial charge on any atom is 0.220 e. The SMILES string of the molecule is Cc1cccc(N2CCC(NC(=O)CCCn3nnnc3CN3CCOCC3)CC2)c1. The summed E-state index contributed by atoms with van der Waals surface area (Å²) >= 11 is 0. The van der Waals surface area contributed by atoms with Crippen LogP contribution in [0.2, 0.25) is 0 Å². The molecule has 2 aromatic rings. The largest absolute Gasteiger partial charge is 0.379 e. The Hall–Kier alpha value is -2.52. The minimum atomic E-state index is 0.122. The van der Waals surface area contributed by atoms with Gasteiger partial charge in [-0.05, 0) is 54.3 Å². The highest BCUT2D eigenvalue weighted by Crippen LogP contribution is 2.21. The Morgan fingerprint density at radius 1 is 1.19 bits per heavy atom. The van der Waals surface area contributed by atoms with E-state index in [1.165, 1.54) is 11.3 Å². The van der Waals surface area contributed by atoms with Crippen molar-refractivity contribution in [3.63, 3.8) is 0 Å². The van der Waals surface area contributed by atoms with Crippen LogP contribution in [0, 0.1) is 6.92 Å². The van der Waals surface area contributed by atoms with Crippen LogP contribution in [-0.2, 0) is 22.6 Å². The van der Waals surface area contributed by atoms with E-state index in [4.69, 9.17) is 4.74 Å². The highest BCUT2D eigenvalue weighted by atomic mass is 16.5. The van der Waals surface area contributed by atoms with E-state index in [0.717, 1.165) is 71.0 Å². The van der Waals surface area contributed by atoms with Gasteiger partial charge in [0.05, 0.1) is 19.8 Å². The van der Waals surface area contributed by atoms with E-state index in [2.05, 4.69) is 61.8 Å². The Morgan fingerprint density at radius 2 is 2.00 bits per heavy atom. The second-order valence-electron chi connectivity index (χ2n) is 8.48. The first kappa shape index (κ1) is 21.7. The zero-order valence-electron chi connectivity index (χ0n) is 18.4. The summed E-state index contributed by atoms with van der Waals surface area (Å²) in [4.78, 5) is 17.1. The molecule has 2 aliphatic heterocycles. The Morgan fingerprint density at radius 3 is 2.77 bits per heavy atom. The lowest BCUT2D eigenvalue weighted by atomic mass is 10.0. The lowest BCUT2D eigenvalue weighted by molar-refractivity contribution is -0.122. The van der Waals surface area contributed by atoms with Gasteiger partial charge in [-0.3, -0.25) is 9.69 Å². The Labute approximate surface area is 183 Å². The number of hydrogen-bond donors (Lipinski definition) is 1. The molecule has 0 bridgehead atoms. The molecule has 0 atom stereocenters. The van der Waals surface area contributed by atoms with Crippen molar-refractivity contribution in [3.8, 4) is 0 Å². The van der Waals surface area contributed by atoms with E-state index < -0.39 is 0 Å². The number of hydrogen-bond acceptors (Lipinski definition) is 7. The van der Waals surface area contributed by atoms with E-state index in [-0.39, 0.29) is 11.9 Å². The van der Waals surface area contributed by atoms with Crippen LogP contribution in [-0.4, -0.2) is 76.4 Å². The number of amides is 1. The van der Waals surface area contributed by atoms with Crippen LogP contribution >= 0.6 is 0 Å². The quantitative estimate of drug-likeness (QED) is 0.681. The second kappa shape index (κ2) is 10.7. The van der Waals surface area contributed by atoms with Gasteiger partial charge in [0.15, 0.2) is 5.82 Å². The monoisotopic (exact) mass is 427 g/mol. The smallest absolute Gasteiger partial charge is 0.220 e. The van der Waals surface area contributed by atoms with Crippen LogP contribution in [0.4, 0.5) is 5.69 Å². The van der Waals surface area contributed by atoms with Crippen LogP contribution in [0.3, 0.4) is 0 Å². The zero-order valence-corrected chi connectivity index (χ0v) is 18.4. The molecule has 1 aromatic heterocycles. The molecule has 0 aliphatic carbocycles. The highest BCUT2D eigenvalue weighted by Gasteiger charge is 2.21.